The topological polar surface area (TPSA) is 89.3 Å². The number of carboxylic acid groups (broad SMARTS) is 1. The highest BCUT2D eigenvalue weighted by atomic mass is 32.2. The molecule has 0 aliphatic heterocycles. The fourth-order valence-corrected chi connectivity index (χ4v) is 2.47. The van der Waals surface area contributed by atoms with Gasteiger partial charge in [0.2, 0.25) is 0 Å². The van der Waals surface area contributed by atoms with Gasteiger partial charge in [-0.05, 0) is 13.8 Å². The highest BCUT2D eigenvalue weighted by Gasteiger charge is 2.16. The Hall–Kier alpha value is -1.37. The zero-order chi connectivity index (χ0) is 13.9. The second-order valence-electron chi connectivity index (χ2n) is 4.18. The molecule has 0 saturated heterocycles. The monoisotopic (exact) mass is 274 g/mol. The first kappa shape index (κ1) is 14.7. The molecular weight excluding hydrogens is 256 g/mol. The van der Waals surface area contributed by atoms with E-state index in [9.17, 15) is 13.2 Å². The summed E-state index contributed by atoms with van der Waals surface area (Å²) < 4.78 is 24.4. The molecule has 0 fully saturated rings. The number of hydrogen-bond donors (Lipinski definition) is 1. The molecule has 1 aromatic rings. The summed E-state index contributed by atoms with van der Waals surface area (Å²) in [6.07, 6.45) is -0.0851. The number of rotatable bonds is 6. The van der Waals surface area contributed by atoms with Crippen molar-refractivity contribution in [1.82, 2.24) is 9.78 Å². The van der Waals surface area contributed by atoms with Crippen LogP contribution in [0.4, 0.5) is 0 Å². The van der Waals surface area contributed by atoms with Gasteiger partial charge < -0.3 is 5.11 Å². The average Bonchev–Trinajstić information content (AvgIpc) is 2.54. The van der Waals surface area contributed by atoms with E-state index in [0.717, 1.165) is 5.69 Å². The van der Waals surface area contributed by atoms with Crippen molar-refractivity contribution in [3.8, 4) is 0 Å². The van der Waals surface area contributed by atoms with Crippen molar-refractivity contribution >= 4 is 15.8 Å². The number of sulfone groups is 1. The Morgan fingerprint density at radius 3 is 2.50 bits per heavy atom. The lowest BCUT2D eigenvalue weighted by molar-refractivity contribution is -0.136. The summed E-state index contributed by atoms with van der Waals surface area (Å²) in [4.78, 5) is 10.7. The number of aromatic nitrogens is 2. The lowest BCUT2D eigenvalue weighted by Crippen LogP contribution is -2.16. The Morgan fingerprint density at radius 1 is 1.39 bits per heavy atom. The van der Waals surface area contributed by atoms with Gasteiger partial charge in [0.25, 0.3) is 0 Å². The van der Waals surface area contributed by atoms with Gasteiger partial charge in [0.15, 0.2) is 9.84 Å². The van der Waals surface area contributed by atoms with Crippen LogP contribution in [0.25, 0.3) is 0 Å². The smallest absolute Gasteiger partial charge is 0.307 e. The number of aliphatic carboxylic acids is 1. The molecule has 0 aliphatic carbocycles. The van der Waals surface area contributed by atoms with E-state index in [1.807, 2.05) is 0 Å². The number of carbonyl (C=O) groups is 1. The second kappa shape index (κ2) is 5.51. The summed E-state index contributed by atoms with van der Waals surface area (Å²) in [6.45, 7) is 5.36. The number of carboxylic acids is 1. The van der Waals surface area contributed by atoms with Crippen LogP contribution in [0.5, 0.6) is 0 Å². The van der Waals surface area contributed by atoms with Crippen molar-refractivity contribution < 1.29 is 18.3 Å². The maximum atomic E-state index is 11.4. The van der Waals surface area contributed by atoms with Crippen LogP contribution in [0.1, 0.15) is 23.9 Å². The molecule has 1 N–H and O–H groups in total. The molecule has 0 unspecified atom stereocenters. The maximum Gasteiger partial charge on any atom is 0.307 e. The van der Waals surface area contributed by atoms with Crippen molar-refractivity contribution in [2.24, 2.45) is 0 Å². The van der Waals surface area contributed by atoms with Crippen LogP contribution in [-0.2, 0) is 27.6 Å². The zero-order valence-corrected chi connectivity index (χ0v) is 11.6. The van der Waals surface area contributed by atoms with Gasteiger partial charge in [0, 0.05) is 17.0 Å². The largest absolute Gasteiger partial charge is 0.481 e. The van der Waals surface area contributed by atoms with Gasteiger partial charge in [-0.15, -0.1) is 0 Å². The normalized spacial score (nSPS) is 11.7. The molecule has 1 rings (SSSR count). The van der Waals surface area contributed by atoms with Crippen LogP contribution in [0.3, 0.4) is 0 Å². The molecule has 0 bridgehead atoms. The third-order valence-electron chi connectivity index (χ3n) is 2.91. The van der Waals surface area contributed by atoms with Gasteiger partial charge >= 0.3 is 5.97 Å². The lowest BCUT2D eigenvalue weighted by atomic mass is 10.1. The van der Waals surface area contributed by atoms with Crippen LogP contribution in [0.15, 0.2) is 0 Å². The first-order chi connectivity index (χ1) is 8.26. The Morgan fingerprint density at radius 2 is 2.00 bits per heavy atom. The zero-order valence-electron chi connectivity index (χ0n) is 10.8. The number of aryl methyl sites for hydroxylation is 2. The van der Waals surface area contributed by atoms with Gasteiger partial charge in [-0.25, -0.2) is 8.42 Å². The summed E-state index contributed by atoms with van der Waals surface area (Å²) in [5.74, 6) is -0.784. The van der Waals surface area contributed by atoms with Gasteiger partial charge in [-0.3, -0.25) is 9.48 Å². The van der Waals surface area contributed by atoms with Crippen molar-refractivity contribution in [3.05, 3.63) is 17.0 Å². The van der Waals surface area contributed by atoms with Gasteiger partial charge in [-0.2, -0.15) is 5.10 Å². The summed E-state index contributed by atoms with van der Waals surface area (Å²) in [7, 11) is -3.04. The minimum atomic E-state index is -3.04. The molecule has 0 amide bonds. The Kier molecular flexibility index (Phi) is 4.50. The molecule has 0 aliphatic rings. The molecular formula is C11H18N2O4S. The highest BCUT2D eigenvalue weighted by molar-refractivity contribution is 7.91. The molecule has 0 spiro atoms. The fourth-order valence-electron chi connectivity index (χ4n) is 1.73. The quantitative estimate of drug-likeness (QED) is 0.818. The van der Waals surface area contributed by atoms with Crippen LogP contribution in [0, 0.1) is 13.8 Å². The van der Waals surface area contributed by atoms with Crippen molar-refractivity contribution in [1.29, 1.82) is 0 Å². The van der Waals surface area contributed by atoms with E-state index >= 15 is 0 Å². The van der Waals surface area contributed by atoms with Crippen LogP contribution in [0.2, 0.25) is 0 Å². The first-order valence-electron chi connectivity index (χ1n) is 5.72. The van der Waals surface area contributed by atoms with E-state index < -0.39 is 15.8 Å². The molecule has 7 heteroatoms. The number of hydrogen-bond acceptors (Lipinski definition) is 4. The van der Waals surface area contributed by atoms with Gasteiger partial charge in [0.05, 0.1) is 24.4 Å². The second-order valence-corrected chi connectivity index (χ2v) is 6.65. The SMILES string of the molecule is CCS(=O)(=O)CCn1nc(C)c(CC(=O)O)c1C. The van der Waals surface area contributed by atoms with Crippen molar-refractivity contribution in [2.45, 2.75) is 33.7 Å². The first-order valence-corrected chi connectivity index (χ1v) is 7.54. The predicted molar refractivity (Wildman–Crippen MR) is 67.4 cm³/mol. The summed E-state index contributed by atoms with van der Waals surface area (Å²) in [5.41, 5.74) is 2.03. The molecule has 18 heavy (non-hydrogen) atoms. The standard InChI is InChI=1S/C11H18N2O4S/c1-4-18(16,17)6-5-13-9(3)10(7-11(14)15)8(2)12-13/h4-7H2,1-3H3,(H,14,15). The van der Waals surface area contributed by atoms with E-state index in [0.29, 0.717) is 11.3 Å². The van der Waals surface area contributed by atoms with E-state index in [-0.39, 0.29) is 24.5 Å². The van der Waals surface area contributed by atoms with Crippen LogP contribution in [-0.4, -0.2) is 40.8 Å². The average molecular weight is 274 g/mol. The van der Waals surface area contributed by atoms with Crippen LogP contribution >= 0.6 is 0 Å². The molecule has 0 atom stereocenters. The molecule has 0 aromatic carbocycles. The predicted octanol–water partition coefficient (Wildman–Crippen LogP) is 0.562. The Balaban J connectivity index is 2.89. The van der Waals surface area contributed by atoms with E-state index in [4.69, 9.17) is 5.11 Å². The third-order valence-corrected chi connectivity index (χ3v) is 4.60. The fraction of sp³-hybridized carbons (Fsp3) is 0.636. The minimum Gasteiger partial charge on any atom is -0.481 e. The van der Waals surface area contributed by atoms with Gasteiger partial charge in [-0.1, -0.05) is 6.92 Å². The summed E-state index contributed by atoms with van der Waals surface area (Å²) in [6, 6.07) is 0. The molecule has 6 nitrogen and oxygen atoms in total. The summed E-state index contributed by atoms with van der Waals surface area (Å²) in [5, 5.41) is 13.0. The van der Waals surface area contributed by atoms with Crippen LogP contribution < -0.4 is 0 Å². The van der Waals surface area contributed by atoms with E-state index in [1.54, 1.807) is 25.5 Å². The Bertz CT molecular complexity index is 546. The maximum absolute atomic E-state index is 11.4. The third kappa shape index (κ3) is 3.56. The highest BCUT2D eigenvalue weighted by Crippen LogP contribution is 2.14. The molecule has 102 valence electrons. The number of nitrogens with zero attached hydrogens (tertiary/aromatic N) is 2. The van der Waals surface area contributed by atoms with Crippen molar-refractivity contribution in [2.75, 3.05) is 11.5 Å². The molecule has 0 saturated carbocycles. The van der Waals surface area contributed by atoms with E-state index in [1.165, 1.54) is 0 Å². The van der Waals surface area contributed by atoms with Crippen molar-refractivity contribution in [3.63, 3.8) is 0 Å². The lowest BCUT2D eigenvalue weighted by Gasteiger charge is -2.05. The summed E-state index contributed by atoms with van der Waals surface area (Å²) >= 11 is 0. The molecule has 0 radical (unpaired) electrons. The molecule has 1 heterocycles. The Labute approximate surface area is 107 Å². The minimum absolute atomic E-state index is 0.0258. The molecule has 1 aromatic heterocycles. The van der Waals surface area contributed by atoms with Gasteiger partial charge in [0.1, 0.15) is 0 Å². The van der Waals surface area contributed by atoms with E-state index in [2.05, 4.69) is 5.10 Å².